The number of fused-ring (bicyclic) bond motifs is 1. The zero-order valence-electron chi connectivity index (χ0n) is 16.0. The van der Waals surface area contributed by atoms with E-state index in [1.165, 1.54) is 55.2 Å². The van der Waals surface area contributed by atoms with Gasteiger partial charge in [0.05, 0.1) is 0 Å². The SMILES string of the molecule is CCCC1CCC(c2ccc(C3CCc4cc(F)ccc4C3)cc2)CC1. The molecule has 26 heavy (non-hydrogen) atoms. The highest BCUT2D eigenvalue weighted by molar-refractivity contribution is 5.35. The molecule has 0 bridgehead atoms. The predicted molar refractivity (Wildman–Crippen MR) is 107 cm³/mol. The van der Waals surface area contributed by atoms with Crippen LogP contribution in [0.15, 0.2) is 42.5 Å². The Morgan fingerprint density at radius 3 is 2.19 bits per heavy atom. The number of aryl methyl sites for hydroxylation is 1. The van der Waals surface area contributed by atoms with Crippen molar-refractivity contribution < 1.29 is 4.39 Å². The molecule has 0 nitrogen and oxygen atoms in total. The van der Waals surface area contributed by atoms with Crippen molar-refractivity contribution in [1.29, 1.82) is 0 Å². The normalized spacial score (nSPS) is 25.7. The summed E-state index contributed by atoms with van der Waals surface area (Å²) in [7, 11) is 0. The third kappa shape index (κ3) is 3.87. The zero-order chi connectivity index (χ0) is 17.9. The van der Waals surface area contributed by atoms with Crippen molar-refractivity contribution in [2.45, 2.75) is 76.5 Å². The van der Waals surface area contributed by atoms with Gasteiger partial charge in [-0.2, -0.15) is 0 Å². The van der Waals surface area contributed by atoms with Crippen molar-refractivity contribution in [3.8, 4) is 0 Å². The Morgan fingerprint density at radius 2 is 1.50 bits per heavy atom. The average molecular weight is 351 g/mol. The second-order valence-corrected chi connectivity index (χ2v) is 8.53. The monoisotopic (exact) mass is 350 g/mol. The van der Waals surface area contributed by atoms with Gasteiger partial charge in [-0.15, -0.1) is 0 Å². The van der Waals surface area contributed by atoms with Crippen molar-refractivity contribution in [1.82, 2.24) is 0 Å². The van der Waals surface area contributed by atoms with Crippen LogP contribution < -0.4 is 0 Å². The molecule has 4 rings (SSSR count). The molecule has 0 aliphatic heterocycles. The van der Waals surface area contributed by atoms with Crippen molar-refractivity contribution in [3.63, 3.8) is 0 Å². The van der Waals surface area contributed by atoms with Crippen LogP contribution in [0.2, 0.25) is 0 Å². The molecule has 1 heteroatoms. The highest BCUT2D eigenvalue weighted by Gasteiger charge is 2.23. The molecule has 1 atom stereocenters. The Labute approximate surface area is 157 Å². The minimum Gasteiger partial charge on any atom is -0.207 e. The highest BCUT2D eigenvalue weighted by Crippen LogP contribution is 2.39. The van der Waals surface area contributed by atoms with Crippen LogP contribution in [-0.2, 0) is 12.8 Å². The Hall–Kier alpha value is -1.63. The Bertz CT molecular complexity index is 722. The van der Waals surface area contributed by atoms with E-state index in [1.54, 1.807) is 17.7 Å². The largest absolute Gasteiger partial charge is 0.207 e. The van der Waals surface area contributed by atoms with Gasteiger partial charge in [-0.05, 0) is 97.1 Å². The minimum absolute atomic E-state index is 0.0970. The van der Waals surface area contributed by atoms with Crippen molar-refractivity contribution in [2.75, 3.05) is 0 Å². The van der Waals surface area contributed by atoms with E-state index in [2.05, 4.69) is 31.2 Å². The highest BCUT2D eigenvalue weighted by atomic mass is 19.1. The molecule has 0 radical (unpaired) electrons. The van der Waals surface area contributed by atoms with Gasteiger partial charge < -0.3 is 0 Å². The van der Waals surface area contributed by atoms with Gasteiger partial charge in [-0.25, -0.2) is 4.39 Å². The van der Waals surface area contributed by atoms with E-state index in [4.69, 9.17) is 0 Å². The molecular weight excluding hydrogens is 319 g/mol. The Balaban J connectivity index is 1.40. The van der Waals surface area contributed by atoms with Crippen LogP contribution in [0.1, 0.15) is 86.0 Å². The quantitative estimate of drug-likeness (QED) is 0.548. The van der Waals surface area contributed by atoms with E-state index in [9.17, 15) is 4.39 Å². The van der Waals surface area contributed by atoms with Gasteiger partial charge in [-0.3, -0.25) is 0 Å². The summed E-state index contributed by atoms with van der Waals surface area (Å²) in [6.45, 7) is 2.31. The average Bonchev–Trinajstić information content (AvgIpc) is 2.69. The fraction of sp³-hybridized carbons (Fsp3) is 0.520. The molecule has 138 valence electrons. The van der Waals surface area contributed by atoms with E-state index in [0.29, 0.717) is 5.92 Å². The number of benzene rings is 2. The lowest BCUT2D eigenvalue weighted by Gasteiger charge is -2.29. The summed E-state index contributed by atoms with van der Waals surface area (Å²) in [5.41, 5.74) is 5.55. The van der Waals surface area contributed by atoms with E-state index in [1.807, 2.05) is 6.07 Å². The molecule has 2 aromatic carbocycles. The van der Waals surface area contributed by atoms with E-state index in [-0.39, 0.29) is 5.82 Å². The van der Waals surface area contributed by atoms with Crippen LogP contribution in [0.5, 0.6) is 0 Å². The third-order valence-electron chi connectivity index (χ3n) is 6.82. The van der Waals surface area contributed by atoms with E-state index < -0.39 is 0 Å². The van der Waals surface area contributed by atoms with Crippen LogP contribution >= 0.6 is 0 Å². The minimum atomic E-state index is -0.0970. The Kier molecular flexibility index (Phi) is 5.43. The molecule has 1 saturated carbocycles. The molecule has 2 aliphatic carbocycles. The molecule has 2 aliphatic rings. The first-order chi connectivity index (χ1) is 12.7. The molecule has 2 aromatic rings. The maximum atomic E-state index is 13.4. The fourth-order valence-corrected chi connectivity index (χ4v) is 5.24. The van der Waals surface area contributed by atoms with Crippen LogP contribution in [0.3, 0.4) is 0 Å². The summed E-state index contributed by atoms with van der Waals surface area (Å²) >= 11 is 0. The number of hydrogen-bond donors (Lipinski definition) is 0. The van der Waals surface area contributed by atoms with Gasteiger partial charge in [0.2, 0.25) is 0 Å². The molecule has 0 N–H and O–H groups in total. The van der Waals surface area contributed by atoms with Crippen LogP contribution in [0.25, 0.3) is 0 Å². The summed E-state index contributed by atoms with van der Waals surface area (Å²) in [5, 5.41) is 0. The first-order valence-corrected chi connectivity index (χ1v) is 10.6. The third-order valence-corrected chi connectivity index (χ3v) is 6.82. The number of halogens is 1. The molecule has 0 saturated heterocycles. The van der Waals surface area contributed by atoms with Gasteiger partial charge in [0.15, 0.2) is 0 Å². The summed E-state index contributed by atoms with van der Waals surface area (Å²) in [6, 6.07) is 14.8. The molecule has 0 aromatic heterocycles. The van der Waals surface area contributed by atoms with Crippen molar-refractivity contribution >= 4 is 0 Å². The van der Waals surface area contributed by atoms with E-state index in [0.717, 1.165) is 31.1 Å². The smallest absolute Gasteiger partial charge is 0.123 e. The molecule has 0 heterocycles. The summed E-state index contributed by atoms with van der Waals surface area (Å²) in [5.74, 6) is 2.23. The van der Waals surface area contributed by atoms with Gasteiger partial charge >= 0.3 is 0 Å². The van der Waals surface area contributed by atoms with Crippen LogP contribution in [0.4, 0.5) is 4.39 Å². The zero-order valence-corrected chi connectivity index (χ0v) is 16.0. The summed E-state index contributed by atoms with van der Waals surface area (Å²) in [4.78, 5) is 0. The topological polar surface area (TPSA) is 0 Å². The fourth-order valence-electron chi connectivity index (χ4n) is 5.24. The van der Waals surface area contributed by atoms with Crippen molar-refractivity contribution in [2.24, 2.45) is 5.92 Å². The first kappa shape index (κ1) is 17.8. The molecular formula is C25H31F. The number of rotatable bonds is 4. The molecule has 1 unspecified atom stereocenters. The van der Waals surface area contributed by atoms with Crippen LogP contribution in [-0.4, -0.2) is 0 Å². The standard InChI is InChI=1S/C25H31F/c1-2-3-18-4-6-19(7-5-18)20-8-10-21(11-9-20)22-12-13-24-17-25(26)15-14-23(24)16-22/h8-11,14-15,17-19,22H,2-7,12-13,16H2,1H3. The van der Waals surface area contributed by atoms with Gasteiger partial charge in [0.1, 0.15) is 5.82 Å². The first-order valence-electron chi connectivity index (χ1n) is 10.6. The van der Waals surface area contributed by atoms with Crippen LogP contribution in [0, 0.1) is 11.7 Å². The predicted octanol–water partition coefficient (Wildman–Crippen LogP) is 7.17. The van der Waals surface area contributed by atoms with Gasteiger partial charge in [0.25, 0.3) is 0 Å². The number of hydrogen-bond acceptors (Lipinski definition) is 0. The van der Waals surface area contributed by atoms with Gasteiger partial charge in [0, 0.05) is 0 Å². The second kappa shape index (κ2) is 7.94. The Morgan fingerprint density at radius 1 is 0.808 bits per heavy atom. The molecule has 1 fully saturated rings. The second-order valence-electron chi connectivity index (χ2n) is 8.53. The molecule has 0 amide bonds. The maximum Gasteiger partial charge on any atom is 0.123 e. The van der Waals surface area contributed by atoms with Crippen molar-refractivity contribution in [3.05, 3.63) is 70.5 Å². The van der Waals surface area contributed by atoms with E-state index >= 15 is 0 Å². The lowest BCUT2D eigenvalue weighted by Crippen LogP contribution is -2.14. The maximum absolute atomic E-state index is 13.4. The molecule has 0 spiro atoms. The van der Waals surface area contributed by atoms with Gasteiger partial charge in [-0.1, -0.05) is 50.1 Å². The summed E-state index contributed by atoms with van der Waals surface area (Å²) in [6.07, 6.45) is 11.5. The lowest BCUT2D eigenvalue weighted by atomic mass is 9.76. The summed E-state index contributed by atoms with van der Waals surface area (Å²) < 4.78 is 13.4. The lowest BCUT2D eigenvalue weighted by molar-refractivity contribution is 0.308.